The second kappa shape index (κ2) is 9.26. The minimum Gasteiger partial charge on any atom is -0.464 e. The number of sulfonamides is 1. The molecule has 1 amide bonds. The number of benzene rings is 1. The van der Waals surface area contributed by atoms with Crippen molar-refractivity contribution < 1.29 is 31.5 Å². The summed E-state index contributed by atoms with van der Waals surface area (Å²) in [7, 11) is -2.68. The second-order valence-electron chi connectivity index (χ2n) is 7.54. The van der Waals surface area contributed by atoms with Crippen LogP contribution in [0.2, 0.25) is 5.02 Å². The van der Waals surface area contributed by atoms with E-state index < -0.39 is 47.4 Å². The van der Waals surface area contributed by atoms with E-state index in [4.69, 9.17) is 11.6 Å². The Kier molecular flexibility index (Phi) is 6.99. The fraction of sp³-hybridized carbons (Fsp3) is 0.400. The maximum atomic E-state index is 12.7. The molecule has 0 atom stereocenters. The fourth-order valence-corrected chi connectivity index (χ4v) is 5.21. The summed E-state index contributed by atoms with van der Waals surface area (Å²) in [6, 6.07) is 7.16. The number of rotatable bonds is 8. The maximum absolute atomic E-state index is 12.7. The van der Waals surface area contributed by atoms with E-state index in [-0.39, 0.29) is 10.7 Å². The Bertz CT molecular complexity index is 1280. The number of hydrogen-bond donors (Lipinski definition) is 1. The van der Waals surface area contributed by atoms with Crippen molar-refractivity contribution in [1.82, 2.24) is 18.7 Å². The number of aryl methyl sites for hydroxylation is 2. The Labute approximate surface area is 193 Å². The second-order valence-corrected chi connectivity index (χ2v) is 9.99. The summed E-state index contributed by atoms with van der Waals surface area (Å²) in [6.45, 7) is 0.936. The van der Waals surface area contributed by atoms with Gasteiger partial charge in [-0.15, -0.1) is 0 Å². The van der Waals surface area contributed by atoms with Crippen molar-refractivity contribution in [2.75, 3.05) is 12.3 Å². The molecule has 3 rings (SSSR count). The molecule has 0 saturated heterocycles. The van der Waals surface area contributed by atoms with Gasteiger partial charge in [-0.2, -0.15) is 18.3 Å². The first-order valence-corrected chi connectivity index (χ1v) is 11.9. The van der Waals surface area contributed by atoms with E-state index in [0.717, 1.165) is 10.9 Å². The number of hydrogen-bond acceptors (Lipinski definition) is 4. The SMILES string of the molecule is Cc1nn(C)c(-n2ccc3cc(Cl)ccc32)c1CCS(=O)(=O)N(CCCC(F)(F)F)C(=O)O. The lowest BCUT2D eigenvalue weighted by atomic mass is 10.2. The molecule has 3 aromatic rings. The zero-order valence-electron chi connectivity index (χ0n) is 17.8. The van der Waals surface area contributed by atoms with Crippen molar-refractivity contribution in [1.29, 1.82) is 0 Å². The van der Waals surface area contributed by atoms with Crippen LogP contribution in [-0.2, 0) is 23.5 Å². The quantitative estimate of drug-likeness (QED) is 0.484. The summed E-state index contributed by atoms with van der Waals surface area (Å²) in [4.78, 5) is 11.4. The summed E-state index contributed by atoms with van der Waals surface area (Å²) in [5.41, 5.74) is 1.94. The predicted octanol–water partition coefficient (Wildman–Crippen LogP) is 4.52. The summed E-state index contributed by atoms with van der Waals surface area (Å²) in [6.07, 6.45) is -6.52. The Morgan fingerprint density at radius 3 is 2.61 bits per heavy atom. The van der Waals surface area contributed by atoms with Gasteiger partial charge in [0.15, 0.2) is 0 Å². The number of fused-ring (bicyclic) bond motifs is 1. The highest BCUT2D eigenvalue weighted by atomic mass is 35.5. The van der Waals surface area contributed by atoms with E-state index in [1.165, 1.54) is 0 Å². The molecule has 0 aliphatic rings. The van der Waals surface area contributed by atoms with Crippen LogP contribution in [-0.4, -0.2) is 56.7 Å². The number of amides is 1. The largest absolute Gasteiger partial charge is 0.464 e. The van der Waals surface area contributed by atoms with Crippen molar-refractivity contribution in [2.45, 2.75) is 32.4 Å². The molecule has 0 spiro atoms. The van der Waals surface area contributed by atoms with Crippen molar-refractivity contribution in [2.24, 2.45) is 7.05 Å². The van der Waals surface area contributed by atoms with Gasteiger partial charge >= 0.3 is 12.3 Å². The molecule has 13 heteroatoms. The minimum atomic E-state index is -4.50. The van der Waals surface area contributed by atoms with Crippen LogP contribution < -0.4 is 0 Å². The van der Waals surface area contributed by atoms with Gasteiger partial charge in [-0.3, -0.25) is 4.68 Å². The Morgan fingerprint density at radius 1 is 1.27 bits per heavy atom. The molecule has 33 heavy (non-hydrogen) atoms. The molecule has 180 valence electrons. The first kappa shape index (κ1) is 24.9. The molecule has 1 aromatic carbocycles. The number of carbonyl (C=O) groups is 1. The topological polar surface area (TPSA) is 97.4 Å². The van der Waals surface area contributed by atoms with Crippen LogP contribution in [0.3, 0.4) is 0 Å². The van der Waals surface area contributed by atoms with Gasteiger partial charge in [0.1, 0.15) is 5.82 Å². The van der Waals surface area contributed by atoms with Gasteiger partial charge in [-0.05, 0) is 44.0 Å². The third-order valence-corrected chi connectivity index (χ3v) is 7.14. The van der Waals surface area contributed by atoms with Crippen molar-refractivity contribution in [3.05, 3.63) is 46.7 Å². The summed E-state index contributed by atoms with van der Waals surface area (Å²) < 4.78 is 66.0. The molecular weight excluding hydrogens is 485 g/mol. The maximum Gasteiger partial charge on any atom is 0.421 e. The summed E-state index contributed by atoms with van der Waals surface area (Å²) in [5, 5.41) is 15.1. The van der Waals surface area contributed by atoms with Gasteiger partial charge in [0.05, 0.1) is 17.0 Å². The summed E-state index contributed by atoms with van der Waals surface area (Å²) in [5.74, 6) is -0.00504. The van der Waals surface area contributed by atoms with Gasteiger partial charge in [-0.25, -0.2) is 17.5 Å². The third kappa shape index (κ3) is 5.61. The van der Waals surface area contributed by atoms with E-state index >= 15 is 0 Å². The lowest BCUT2D eigenvalue weighted by Crippen LogP contribution is -2.39. The highest BCUT2D eigenvalue weighted by molar-refractivity contribution is 7.89. The lowest BCUT2D eigenvalue weighted by Gasteiger charge is -2.20. The Morgan fingerprint density at radius 2 is 1.97 bits per heavy atom. The van der Waals surface area contributed by atoms with Crippen LogP contribution in [0.5, 0.6) is 0 Å². The zero-order valence-corrected chi connectivity index (χ0v) is 19.4. The molecule has 0 bridgehead atoms. The van der Waals surface area contributed by atoms with Gasteiger partial charge in [0, 0.05) is 42.2 Å². The average Bonchev–Trinajstić information content (AvgIpc) is 3.21. The molecule has 2 aromatic heterocycles. The van der Waals surface area contributed by atoms with Crippen LogP contribution in [0.4, 0.5) is 18.0 Å². The van der Waals surface area contributed by atoms with E-state index in [2.05, 4.69) is 5.10 Å². The van der Waals surface area contributed by atoms with E-state index in [0.29, 0.717) is 22.1 Å². The molecule has 8 nitrogen and oxygen atoms in total. The van der Waals surface area contributed by atoms with Crippen LogP contribution in [0, 0.1) is 6.92 Å². The molecule has 0 fully saturated rings. The van der Waals surface area contributed by atoms with Gasteiger partial charge < -0.3 is 9.67 Å². The normalized spacial score (nSPS) is 12.4. The van der Waals surface area contributed by atoms with E-state index in [9.17, 15) is 31.5 Å². The Hall–Kier alpha value is -2.73. The van der Waals surface area contributed by atoms with E-state index in [1.807, 2.05) is 16.7 Å². The predicted molar refractivity (Wildman–Crippen MR) is 117 cm³/mol. The average molecular weight is 507 g/mol. The van der Waals surface area contributed by atoms with Gasteiger partial charge in [0.2, 0.25) is 10.0 Å². The third-order valence-electron chi connectivity index (χ3n) is 5.17. The molecule has 0 aliphatic heterocycles. The lowest BCUT2D eigenvalue weighted by molar-refractivity contribution is -0.135. The molecule has 1 N–H and O–H groups in total. The summed E-state index contributed by atoms with van der Waals surface area (Å²) >= 11 is 6.05. The molecular formula is C20H22ClF3N4O4S. The number of nitrogens with zero attached hydrogens (tertiary/aromatic N) is 4. The smallest absolute Gasteiger partial charge is 0.421 e. The number of aromatic nitrogens is 3. The Balaban J connectivity index is 1.87. The number of halogens is 4. The minimum absolute atomic E-state index is 0.0757. The monoisotopic (exact) mass is 506 g/mol. The number of alkyl halides is 3. The van der Waals surface area contributed by atoms with Crippen LogP contribution >= 0.6 is 11.6 Å². The highest BCUT2D eigenvalue weighted by Gasteiger charge is 2.31. The van der Waals surface area contributed by atoms with Crippen LogP contribution in [0.25, 0.3) is 16.7 Å². The van der Waals surface area contributed by atoms with Crippen molar-refractivity contribution >= 4 is 38.6 Å². The highest BCUT2D eigenvalue weighted by Crippen LogP contribution is 2.27. The fourth-order valence-electron chi connectivity index (χ4n) is 3.70. The molecule has 0 radical (unpaired) electrons. The van der Waals surface area contributed by atoms with Crippen LogP contribution in [0.1, 0.15) is 24.1 Å². The first-order chi connectivity index (χ1) is 15.3. The van der Waals surface area contributed by atoms with Gasteiger partial charge in [-0.1, -0.05) is 11.6 Å². The molecule has 2 heterocycles. The zero-order chi connectivity index (χ0) is 24.6. The van der Waals surface area contributed by atoms with Crippen LogP contribution in [0.15, 0.2) is 30.5 Å². The molecule has 0 saturated carbocycles. The van der Waals surface area contributed by atoms with Crippen molar-refractivity contribution in [3.63, 3.8) is 0 Å². The first-order valence-electron chi connectivity index (χ1n) is 9.90. The van der Waals surface area contributed by atoms with Crippen molar-refractivity contribution in [3.8, 4) is 5.82 Å². The van der Waals surface area contributed by atoms with Gasteiger partial charge in [0.25, 0.3) is 0 Å². The molecule has 0 unspecified atom stereocenters. The number of carboxylic acid groups (broad SMARTS) is 1. The molecule has 0 aliphatic carbocycles. The standard InChI is InChI=1S/C20H22ClF3N4O4S/c1-13-16(7-11-33(31,32)28(19(29)30)9-3-8-20(22,23)24)18(26(2)25-13)27-10-6-14-12-15(21)4-5-17(14)27/h4-6,10,12H,3,7-9,11H2,1-2H3,(H,29,30). The van der Waals surface area contributed by atoms with E-state index in [1.54, 1.807) is 37.0 Å².